The average Bonchev–Trinajstić information content (AvgIpc) is 2.29. The molecular formula is C10H21NO. The molecule has 0 aromatic carbocycles. The van der Waals surface area contributed by atoms with E-state index >= 15 is 0 Å². The van der Waals surface area contributed by atoms with Gasteiger partial charge in [0, 0.05) is 12.6 Å². The average molecular weight is 171 g/mol. The first-order chi connectivity index (χ1) is 5.49. The van der Waals surface area contributed by atoms with Crippen molar-refractivity contribution in [2.75, 3.05) is 13.1 Å². The van der Waals surface area contributed by atoms with Gasteiger partial charge in [0.25, 0.3) is 0 Å². The first-order valence-electron chi connectivity index (χ1n) is 4.95. The van der Waals surface area contributed by atoms with Gasteiger partial charge in [0.05, 0.1) is 5.60 Å². The van der Waals surface area contributed by atoms with Crippen LogP contribution in [0.3, 0.4) is 0 Å². The highest BCUT2D eigenvalue weighted by Crippen LogP contribution is 2.18. The third kappa shape index (κ3) is 3.11. The van der Waals surface area contributed by atoms with Crippen LogP contribution in [-0.2, 0) is 0 Å². The normalized spacial score (nSPS) is 26.5. The molecule has 2 nitrogen and oxygen atoms in total. The van der Waals surface area contributed by atoms with Gasteiger partial charge in [-0.1, -0.05) is 0 Å². The van der Waals surface area contributed by atoms with Crippen molar-refractivity contribution in [2.45, 2.75) is 51.7 Å². The Balaban J connectivity index is 2.23. The summed E-state index contributed by atoms with van der Waals surface area (Å²) in [6.07, 6.45) is 3.54. The molecule has 0 aromatic heterocycles. The lowest BCUT2D eigenvalue weighted by molar-refractivity contribution is 0.0569. The van der Waals surface area contributed by atoms with Crippen molar-refractivity contribution in [2.24, 2.45) is 0 Å². The Hall–Kier alpha value is -0.0800. The standard InChI is InChI=1S/C10H21NO/c1-9-5-4-7-11(9)8-6-10(2,3)12/h9,12H,4-8H2,1-3H3. The predicted molar refractivity (Wildman–Crippen MR) is 51.2 cm³/mol. The largest absolute Gasteiger partial charge is 0.390 e. The molecule has 2 heteroatoms. The highest BCUT2D eigenvalue weighted by Gasteiger charge is 2.22. The summed E-state index contributed by atoms with van der Waals surface area (Å²) in [5.74, 6) is 0. The highest BCUT2D eigenvalue weighted by atomic mass is 16.3. The Morgan fingerprint density at radius 1 is 1.50 bits per heavy atom. The summed E-state index contributed by atoms with van der Waals surface area (Å²) < 4.78 is 0. The van der Waals surface area contributed by atoms with Crippen LogP contribution in [0.15, 0.2) is 0 Å². The lowest BCUT2D eigenvalue weighted by Crippen LogP contribution is -2.32. The Morgan fingerprint density at radius 3 is 2.58 bits per heavy atom. The van der Waals surface area contributed by atoms with Crippen molar-refractivity contribution in [3.05, 3.63) is 0 Å². The third-order valence-corrected chi connectivity index (χ3v) is 2.70. The van der Waals surface area contributed by atoms with E-state index in [1.165, 1.54) is 19.4 Å². The molecule has 1 N–H and O–H groups in total. The van der Waals surface area contributed by atoms with Gasteiger partial charge in [0.2, 0.25) is 0 Å². The van der Waals surface area contributed by atoms with E-state index in [2.05, 4.69) is 11.8 Å². The van der Waals surface area contributed by atoms with E-state index in [0.717, 1.165) is 19.0 Å². The van der Waals surface area contributed by atoms with Crippen LogP contribution >= 0.6 is 0 Å². The van der Waals surface area contributed by atoms with Crippen LogP contribution in [0, 0.1) is 0 Å². The first-order valence-corrected chi connectivity index (χ1v) is 4.95. The summed E-state index contributed by atoms with van der Waals surface area (Å²) in [6.45, 7) is 8.31. The Bertz CT molecular complexity index is 139. The summed E-state index contributed by atoms with van der Waals surface area (Å²) in [4.78, 5) is 2.47. The fraction of sp³-hybridized carbons (Fsp3) is 1.00. The van der Waals surface area contributed by atoms with Gasteiger partial charge in [-0.2, -0.15) is 0 Å². The van der Waals surface area contributed by atoms with Gasteiger partial charge in [0.1, 0.15) is 0 Å². The molecule has 1 fully saturated rings. The zero-order valence-electron chi connectivity index (χ0n) is 8.51. The van der Waals surface area contributed by atoms with E-state index in [4.69, 9.17) is 0 Å². The van der Waals surface area contributed by atoms with Crippen molar-refractivity contribution in [1.29, 1.82) is 0 Å². The number of hydrogen-bond donors (Lipinski definition) is 1. The van der Waals surface area contributed by atoms with E-state index in [-0.39, 0.29) is 0 Å². The van der Waals surface area contributed by atoms with Crippen LogP contribution in [0.1, 0.15) is 40.0 Å². The number of nitrogens with zero attached hydrogens (tertiary/aromatic N) is 1. The number of hydrogen-bond acceptors (Lipinski definition) is 2. The molecule has 1 rings (SSSR count). The SMILES string of the molecule is CC1CCCN1CCC(C)(C)O. The highest BCUT2D eigenvalue weighted by molar-refractivity contribution is 4.77. The van der Waals surface area contributed by atoms with Crippen molar-refractivity contribution < 1.29 is 5.11 Å². The molecule has 1 unspecified atom stereocenters. The summed E-state index contributed by atoms with van der Waals surface area (Å²) in [6, 6.07) is 0.729. The molecule has 0 aromatic rings. The molecule has 0 spiro atoms. The van der Waals surface area contributed by atoms with Gasteiger partial charge in [-0.05, 0) is 46.6 Å². The van der Waals surface area contributed by atoms with Crippen molar-refractivity contribution in [3.8, 4) is 0 Å². The number of likely N-dealkylation sites (tertiary alicyclic amines) is 1. The topological polar surface area (TPSA) is 23.5 Å². The minimum Gasteiger partial charge on any atom is -0.390 e. The Kier molecular flexibility index (Phi) is 3.13. The molecule has 1 saturated heterocycles. The number of rotatable bonds is 3. The summed E-state index contributed by atoms with van der Waals surface area (Å²) >= 11 is 0. The predicted octanol–water partition coefficient (Wildman–Crippen LogP) is 1.63. The van der Waals surface area contributed by atoms with Gasteiger partial charge < -0.3 is 10.0 Å². The van der Waals surface area contributed by atoms with Crippen LogP contribution in [0.2, 0.25) is 0 Å². The van der Waals surface area contributed by atoms with Crippen LogP contribution in [0.5, 0.6) is 0 Å². The zero-order valence-corrected chi connectivity index (χ0v) is 8.51. The van der Waals surface area contributed by atoms with Crippen LogP contribution in [-0.4, -0.2) is 34.7 Å². The lowest BCUT2D eigenvalue weighted by atomic mass is 10.1. The van der Waals surface area contributed by atoms with Crippen LogP contribution in [0.4, 0.5) is 0 Å². The van der Waals surface area contributed by atoms with Crippen LogP contribution < -0.4 is 0 Å². The van der Waals surface area contributed by atoms with E-state index in [9.17, 15) is 5.11 Å². The smallest absolute Gasteiger partial charge is 0.0603 e. The molecular weight excluding hydrogens is 150 g/mol. The first kappa shape index (κ1) is 10.0. The van der Waals surface area contributed by atoms with E-state index < -0.39 is 5.60 Å². The molecule has 1 aliphatic heterocycles. The maximum absolute atomic E-state index is 9.54. The lowest BCUT2D eigenvalue weighted by Gasteiger charge is -2.25. The minimum atomic E-state index is -0.498. The second kappa shape index (κ2) is 3.75. The van der Waals surface area contributed by atoms with Gasteiger partial charge in [-0.15, -0.1) is 0 Å². The van der Waals surface area contributed by atoms with Gasteiger partial charge >= 0.3 is 0 Å². The van der Waals surface area contributed by atoms with Gasteiger partial charge in [0.15, 0.2) is 0 Å². The van der Waals surface area contributed by atoms with Crippen molar-refractivity contribution in [3.63, 3.8) is 0 Å². The molecule has 1 heterocycles. The molecule has 0 amide bonds. The molecule has 0 radical (unpaired) electrons. The molecule has 0 saturated carbocycles. The van der Waals surface area contributed by atoms with E-state index in [1.54, 1.807) is 0 Å². The second-order valence-corrected chi connectivity index (χ2v) is 4.59. The molecule has 1 atom stereocenters. The quantitative estimate of drug-likeness (QED) is 0.697. The fourth-order valence-corrected chi connectivity index (χ4v) is 1.74. The molecule has 0 bridgehead atoms. The molecule has 1 aliphatic rings. The van der Waals surface area contributed by atoms with E-state index in [0.29, 0.717) is 0 Å². The molecule has 0 aliphatic carbocycles. The van der Waals surface area contributed by atoms with Crippen molar-refractivity contribution >= 4 is 0 Å². The van der Waals surface area contributed by atoms with Gasteiger partial charge in [-0.3, -0.25) is 0 Å². The molecule has 12 heavy (non-hydrogen) atoms. The molecule has 72 valence electrons. The zero-order chi connectivity index (χ0) is 9.19. The second-order valence-electron chi connectivity index (χ2n) is 4.59. The Morgan fingerprint density at radius 2 is 2.17 bits per heavy atom. The fourth-order valence-electron chi connectivity index (χ4n) is 1.74. The summed E-state index contributed by atoms with van der Waals surface area (Å²) in [7, 11) is 0. The summed E-state index contributed by atoms with van der Waals surface area (Å²) in [5.41, 5.74) is -0.498. The maximum Gasteiger partial charge on any atom is 0.0603 e. The minimum absolute atomic E-state index is 0.498. The van der Waals surface area contributed by atoms with Crippen molar-refractivity contribution in [1.82, 2.24) is 4.90 Å². The summed E-state index contributed by atoms with van der Waals surface area (Å²) in [5, 5.41) is 9.54. The maximum atomic E-state index is 9.54. The van der Waals surface area contributed by atoms with Gasteiger partial charge in [-0.25, -0.2) is 0 Å². The Labute approximate surface area is 75.6 Å². The number of aliphatic hydroxyl groups is 1. The monoisotopic (exact) mass is 171 g/mol. The van der Waals surface area contributed by atoms with E-state index in [1.807, 2.05) is 13.8 Å². The third-order valence-electron chi connectivity index (χ3n) is 2.70. The van der Waals surface area contributed by atoms with Crippen LogP contribution in [0.25, 0.3) is 0 Å².